The van der Waals surface area contributed by atoms with Crippen LogP contribution in [-0.4, -0.2) is 62.4 Å². The molecule has 6 heteroatoms. The molecule has 0 aromatic carbocycles. The molecule has 1 atom stereocenters. The van der Waals surface area contributed by atoms with E-state index < -0.39 is 11.4 Å². The molecular formula is C17H31NO5. The normalized spacial score (nSPS) is 12.6. The van der Waals surface area contributed by atoms with Crippen LogP contribution in [0.3, 0.4) is 0 Å². The number of ether oxygens (including phenoxy) is 2. The van der Waals surface area contributed by atoms with Crippen LogP contribution in [0.25, 0.3) is 0 Å². The Morgan fingerprint density at radius 1 is 1.30 bits per heavy atom. The molecule has 0 saturated carbocycles. The second-order valence-electron chi connectivity index (χ2n) is 6.38. The van der Waals surface area contributed by atoms with E-state index in [9.17, 15) is 9.59 Å². The van der Waals surface area contributed by atoms with E-state index in [1.807, 2.05) is 0 Å². The second kappa shape index (κ2) is 11.2. The third kappa shape index (κ3) is 8.71. The number of carbonyl (C=O) groups excluding carboxylic acids is 2. The third-order valence-electron chi connectivity index (χ3n) is 3.50. The van der Waals surface area contributed by atoms with Gasteiger partial charge in [-0.2, -0.15) is 0 Å². The van der Waals surface area contributed by atoms with E-state index in [1.165, 1.54) is 0 Å². The fraction of sp³-hybridized carbons (Fsp3) is 0.765. The highest BCUT2D eigenvalue weighted by Crippen LogP contribution is 2.30. The maximum atomic E-state index is 12.4. The zero-order chi connectivity index (χ0) is 17.9. The quantitative estimate of drug-likeness (QED) is 0.334. The Balaban J connectivity index is 4.69. The number of carbonyl (C=O) groups is 2. The van der Waals surface area contributed by atoms with Crippen LogP contribution in [0.4, 0.5) is 0 Å². The summed E-state index contributed by atoms with van der Waals surface area (Å²) in [6, 6.07) is 0. The van der Waals surface area contributed by atoms with Crippen molar-refractivity contribution in [3.63, 3.8) is 0 Å². The van der Waals surface area contributed by atoms with E-state index in [4.69, 9.17) is 14.6 Å². The van der Waals surface area contributed by atoms with Crippen LogP contribution in [0.15, 0.2) is 12.7 Å². The molecule has 134 valence electrons. The lowest BCUT2D eigenvalue weighted by molar-refractivity contribution is -0.156. The minimum Gasteiger partial charge on any atom is -0.463 e. The highest BCUT2D eigenvalue weighted by atomic mass is 16.5. The van der Waals surface area contributed by atoms with Gasteiger partial charge in [-0.15, -0.1) is 6.58 Å². The van der Waals surface area contributed by atoms with Gasteiger partial charge in [0.25, 0.3) is 0 Å². The molecule has 0 aromatic heterocycles. The van der Waals surface area contributed by atoms with Crippen LogP contribution in [0.1, 0.15) is 33.1 Å². The molecule has 0 heterocycles. The maximum absolute atomic E-state index is 12.4. The summed E-state index contributed by atoms with van der Waals surface area (Å²) in [5.74, 6) is -0.670. The highest BCUT2D eigenvalue weighted by Gasteiger charge is 2.35. The van der Waals surface area contributed by atoms with Gasteiger partial charge in [0.05, 0.1) is 18.6 Å². The van der Waals surface area contributed by atoms with Crippen LogP contribution in [0.2, 0.25) is 0 Å². The summed E-state index contributed by atoms with van der Waals surface area (Å²) < 4.78 is 10.3. The second-order valence-corrected chi connectivity index (χ2v) is 6.38. The zero-order valence-electron chi connectivity index (χ0n) is 14.8. The van der Waals surface area contributed by atoms with E-state index in [1.54, 1.807) is 38.9 Å². The largest absolute Gasteiger partial charge is 0.463 e. The first-order valence-electron chi connectivity index (χ1n) is 7.94. The number of hydrogen-bond acceptors (Lipinski definition) is 5. The van der Waals surface area contributed by atoms with Gasteiger partial charge in [0.1, 0.15) is 6.61 Å². The van der Waals surface area contributed by atoms with Crippen LogP contribution in [0, 0.1) is 11.3 Å². The minimum absolute atomic E-state index is 0.00301. The average molecular weight is 329 g/mol. The van der Waals surface area contributed by atoms with E-state index in [0.29, 0.717) is 26.1 Å². The summed E-state index contributed by atoms with van der Waals surface area (Å²) in [5.41, 5.74) is -0.784. The molecule has 0 bridgehead atoms. The molecule has 0 aliphatic heterocycles. The van der Waals surface area contributed by atoms with Crippen LogP contribution < -0.4 is 0 Å². The smallest absolute Gasteiger partial charge is 0.311 e. The molecular weight excluding hydrogens is 298 g/mol. The van der Waals surface area contributed by atoms with Crippen molar-refractivity contribution in [2.75, 3.05) is 40.5 Å². The van der Waals surface area contributed by atoms with Gasteiger partial charge in [-0.05, 0) is 33.1 Å². The molecule has 23 heavy (non-hydrogen) atoms. The van der Waals surface area contributed by atoms with Crippen molar-refractivity contribution in [1.29, 1.82) is 0 Å². The van der Waals surface area contributed by atoms with Crippen molar-refractivity contribution >= 4 is 11.9 Å². The Kier molecular flexibility index (Phi) is 10.5. The Hall–Kier alpha value is -1.40. The molecule has 1 unspecified atom stereocenters. The SMILES string of the molecule is C=CCOCCCC(CC(C)(C)C(=O)OCCO)C(=O)N(C)C. The molecule has 0 spiro atoms. The van der Waals surface area contributed by atoms with E-state index >= 15 is 0 Å². The summed E-state index contributed by atoms with van der Waals surface area (Å²) >= 11 is 0. The molecule has 1 amide bonds. The predicted molar refractivity (Wildman–Crippen MR) is 88.9 cm³/mol. The van der Waals surface area contributed by atoms with Gasteiger partial charge >= 0.3 is 5.97 Å². The minimum atomic E-state index is -0.784. The van der Waals surface area contributed by atoms with Crippen LogP contribution in [-0.2, 0) is 19.1 Å². The molecule has 0 saturated heterocycles. The van der Waals surface area contributed by atoms with Gasteiger partial charge in [0, 0.05) is 26.6 Å². The topological polar surface area (TPSA) is 76.1 Å². The van der Waals surface area contributed by atoms with Gasteiger partial charge < -0.3 is 19.5 Å². The molecule has 0 aromatic rings. The molecule has 0 radical (unpaired) electrons. The number of esters is 1. The Bertz CT molecular complexity index is 379. The summed E-state index contributed by atoms with van der Waals surface area (Å²) in [6.07, 6.45) is 3.46. The van der Waals surface area contributed by atoms with Crippen molar-refractivity contribution in [3.8, 4) is 0 Å². The Morgan fingerprint density at radius 2 is 1.96 bits per heavy atom. The lowest BCUT2D eigenvalue weighted by Gasteiger charge is -2.29. The number of amides is 1. The summed E-state index contributed by atoms with van der Waals surface area (Å²) in [7, 11) is 3.42. The average Bonchev–Trinajstić information content (AvgIpc) is 2.50. The Labute approximate surface area is 139 Å². The monoisotopic (exact) mass is 329 g/mol. The first-order chi connectivity index (χ1) is 10.8. The third-order valence-corrected chi connectivity index (χ3v) is 3.50. The van der Waals surface area contributed by atoms with Gasteiger partial charge in [-0.3, -0.25) is 9.59 Å². The molecule has 6 nitrogen and oxygen atoms in total. The summed E-state index contributed by atoms with van der Waals surface area (Å²) in [6.45, 7) is 7.92. The highest BCUT2D eigenvalue weighted by molar-refractivity contribution is 5.81. The number of aliphatic hydroxyl groups excluding tert-OH is 1. The van der Waals surface area contributed by atoms with E-state index in [0.717, 1.165) is 6.42 Å². The van der Waals surface area contributed by atoms with Gasteiger partial charge in [0.15, 0.2) is 0 Å². The zero-order valence-corrected chi connectivity index (χ0v) is 14.8. The lowest BCUT2D eigenvalue weighted by Crippen LogP contribution is -2.36. The van der Waals surface area contributed by atoms with Crippen molar-refractivity contribution in [3.05, 3.63) is 12.7 Å². The number of rotatable bonds is 12. The van der Waals surface area contributed by atoms with Crippen molar-refractivity contribution in [2.24, 2.45) is 11.3 Å². The van der Waals surface area contributed by atoms with Gasteiger partial charge in [-0.25, -0.2) is 0 Å². The number of hydrogen-bond donors (Lipinski definition) is 1. The molecule has 0 aliphatic rings. The van der Waals surface area contributed by atoms with Crippen molar-refractivity contribution in [1.82, 2.24) is 4.90 Å². The molecule has 0 fully saturated rings. The number of nitrogens with zero attached hydrogens (tertiary/aromatic N) is 1. The van der Waals surface area contributed by atoms with Crippen molar-refractivity contribution < 1.29 is 24.2 Å². The first kappa shape index (κ1) is 21.6. The Morgan fingerprint density at radius 3 is 2.48 bits per heavy atom. The first-order valence-corrected chi connectivity index (χ1v) is 7.94. The van der Waals surface area contributed by atoms with Crippen LogP contribution in [0.5, 0.6) is 0 Å². The van der Waals surface area contributed by atoms with E-state index in [-0.39, 0.29) is 25.0 Å². The maximum Gasteiger partial charge on any atom is 0.311 e. The lowest BCUT2D eigenvalue weighted by atomic mass is 9.80. The summed E-state index contributed by atoms with van der Waals surface area (Å²) in [4.78, 5) is 26.0. The summed E-state index contributed by atoms with van der Waals surface area (Å²) in [5, 5.41) is 8.75. The molecule has 0 rings (SSSR count). The molecule has 1 N–H and O–H groups in total. The fourth-order valence-electron chi connectivity index (χ4n) is 2.31. The molecule has 0 aliphatic carbocycles. The van der Waals surface area contributed by atoms with Gasteiger partial charge in [-0.1, -0.05) is 6.08 Å². The fourth-order valence-corrected chi connectivity index (χ4v) is 2.31. The predicted octanol–water partition coefficient (Wildman–Crippen LogP) is 1.63. The van der Waals surface area contributed by atoms with Crippen molar-refractivity contribution in [2.45, 2.75) is 33.1 Å². The number of aliphatic hydroxyl groups is 1. The van der Waals surface area contributed by atoms with E-state index in [2.05, 4.69) is 6.58 Å². The van der Waals surface area contributed by atoms with Gasteiger partial charge in [0.2, 0.25) is 5.91 Å². The standard InChI is InChI=1S/C17H31NO5/c1-6-10-22-11-7-8-14(15(20)18(4)5)13-17(2,3)16(21)23-12-9-19/h6,14,19H,1,7-13H2,2-5H3. The van der Waals surface area contributed by atoms with Crippen LogP contribution >= 0.6 is 0 Å².